The predicted octanol–water partition coefficient (Wildman–Crippen LogP) is 4.05. The molecule has 0 aliphatic carbocycles. The van der Waals surface area contributed by atoms with Crippen molar-refractivity contribution in [2.75, 3.05) is 44.9 Å². The summed E-state index contributed by atoms with van der Waals surface area (Å²) in [6.07, 6.45) is 9.57. The summed E-state index contributed by atoms with van der Waals surface area (Å²) >= 11 is 2.10. The van der Waals surface area contributed by atoms with Crippen molar-refractivity contribution in [1.29, 1.82) is 0 Å². The van der Waals surface area contributed by atoms with Crippen LogP contribution in [0.25, 0.3) is 0 Å². The number of thioether (sulfide) groups is 1. The van der Waals surface area contributed by atoms with Gasteiger partial charge in [0.1, 0.15) is 0 Å². The first-order valence-electron chi connectivity index (χ1n) is 8.15. The molecule has 1 aliphatic heterocycles. The van der Waals surface area contributed by atoms with E-state index in [9.17, 15) is 0 Å². The Morgan fingerprint density at radius 1 is 1.05 bits per heavy atom. The van der Waals surface area contributed by atoms with Gasteiger partial charge in [0, 0.05) is 38.3 Å². The van der Waals surface area contributed by atoms with Crippen LogP contribution in [0.1, 0.15) is 51.9 Å². The Morgan fingerprint density at radius 3 is 2.47 bits per heavy atom. The maximum absolute atomic E-state index is 5.34. The highest BCUT2D eigenvalue weighted by molar-refractivity contribution is 7.99. The molecular formula is C16H33NOS. The Labute approximate surface area is 124 Å². The van der Waals surface area contributed by atoms with E-state index < -0.39 is 0 Å². The quantitative estimate of drug-likeness (QED) is 0.532. The van der Waals surface area contributed by atoms with E-state index in [1.807, 2.05) is 7.11 Å². The van der Waals surface area contributed by atoms with Gasteiger partial charge in [0.05, 0.1) is 0 Å². The van der Waals surface area contributed by atoms with Crippen LogP contribution < -0.4 is 0 Å². The summed E-state index contributed by atoms with van der Waals surface area (Å²) < 4.78 is 5.34. The lowest BCUT2D eigenvalue weighted by Crippen LogP contribution is -2.33. The van der Waals surface area contributed by atoms with Crippen molar-refractivity contribution < 1.29 is 4.74 Å². The molecule has 114 valence electrons. The fourth-order valence-electron chi connectivity index (χ4n) is 2.81. The molecule has 1 rings (SSSR count). The molecule has 19 heavy (non-hydrogen) atoms. The maximum Gasteiger partial charge on any atom is 0.0490 e. The summed E-state index contributed by atoms with van der Waals surface area (Å²) in [5.41, 5.74) is 0. The molecule has 0 radical (unpaired) electrons. The van der Waals surface area contributed by atoms with Gasteiger partial charge in [-0.05, 0) is 31.7 Å². The van der Waals surface area contributed by atoms with Crippen LogP contribution in [0.3, 0.4) is 0 Å². The fraction of sp³-hybridized carbons (Fsp3) is 1.00. The molecule has 1 atom stereocenters. The zero-order valence-corrected chi connectivity index (χ0v) is 13.8. The molecule has 1 aliphatic rings. The van der Waals surface area contributed by atoms with Crippen LogP contribution in [0.5, 0.6) is 0 Å². The van der Waals surface area contributed by atoms with E-state index >= 15 is 0 Å². The SMILES string of the molecule is CCCC[C@H](CCCCCN1CCSCC1)COC. The third kappa shape index (κ3) is 8.93. The van der Waals surface area contributed by atoms with Crippen molar-refractivity contribution in [1.82, 2.24) is 4.90 Å². The minimum Gasteiger partial charge on any atom is -0.384 e. The van der Waals surface area contributed by atoms with Crippen LogP contribution in [-0.2, 0) is 4.74 Å². The van der Waals surface area contributed by atoms with E-state index in [-0.39, 0.29) is 0 Å². The number of methoxy groups -OCH3 is 1. The minimum atomic E-state index is 0.802. The van der Waals surface area contributed by atoms with Crippen LogP contribution in [0.2, 0.25) is 0 Å². The second-order valence-electron chi connectivity index (χ2n) is 5.77. The molecule has 3 heteroatoms. The Balaban J connectivity index is 1.97. The average molecular weight is 288 g/mol. The van der Waals surface area contributed by atoms with Crippen LogP contribution in [0, 0.1) is 5.92 Å². The molecule has 0 amide bonds. The van der Waals surface area contributed by atoms with Gasteiger partial charge >= 0.3 is 0 Å². The number of hydrogen-bond acceptors (Lipinski definition) is 3. The van der Waals surface area contributed by atoms with Crippen molar-refractivity contribution in [2.24, 2.45) is 5.92 Å². The van der Waals surface area contributed by atoms with Crippen LogP contribution >= 0.6 is 11.8 Å². The first-order chi connectivity index (χ1) is 9.36. The van der Waals surface area contributed by atoms with Crippen LogP contribution in [0.4, 0.5) is 0 Å². The lowest BCUT2D eigenvalue weighted by atomic mass is 9.96. The highest BCUT2D eigenvalue weighted by Crippen LogP contribution is 2.17. The van der Waals surface area contributed by atoms with Gasteiger partial charge in [0.25, 0.3) is 0 Å². The Bertz CT molecular complexity index is 195. The summed E-state index contributed by atoms with van der Waals surface area (Å²) in [6.45, 7) is 7.19. The van der Waals surface area contributed by atoms with Gasteiger partial charge in [-0.25, -0.2) is 0 Å². The van der Waals surface area contributed by atoms with Gasteiger partial charge < -0.3 is 9.64 Å². The molecule has 1 heterocycles. The van der Waals surface area contributed by atoms with Crippen molar-refractivity contribution >= 4 is 11.8 Å². The lowest BCUT2D eigenvalue weighted by molar-refractivity contribution is 0.140. The molecule has 0 N–H and O–H groups in total. The number of unbranched alkanes of at least 4 members (excludes halogenated alkanes) is 3. The fourth-order valence-corrected chi connectivity index (χ4v) is 3.79. The molecule has 0 bridgehead atoms. The summed E-state index contributed by atoms with van der Waals surface area (Å²) in [7, 11) is 1.84. The normalized spacial score (nSPS) is 18.6. The van der Waals surface area contributed by atoms with E-state index in [0.717, 1.165) is 12.5 Å². The molecule has 1 saturated heterocycles. The van der Waals surface area contributed by atoms with Crippen molar-refractivity contribution in [3.63, 3.8) is 0 Å². The second kappa shape index (κ2) is 12.0. The van der Waals surface area contributed by atoms with Gasteiger partial charge in [0.15, 0.2) is 0 Å². The Hall–Kier alpha value is 0.270. The molecule has 0 saturated carbocycles. The summed E-state index contributed by atoms with van der Waals surface area (Å²) in [4.78, 5) is 2.64. The zero-order valence-electron chi connectivity index (χ0n) is 13.0. The molecule has 0 aromatic heterocycles. The molecule has 0 spiro atoms. The Morgan fingerprint density at radius 2 is 1.79 bits per heavy atom. The molecule has 2 nitrogen and oxygen atoms in total. The van der Waals surface area contributed by atoms with Crippen molar-refractivity contribution in [2.45, 2.75) is 51.9 Å². The average Bonchev–Trinajstić information content (AvgIpc) is 2.45. The zero-order chi connectivity index (χ0) is 13.8. The highest BCUT2D eigenvalue weighted by Gasteiger charge is 2.10. The van der Waals surface area contributed by atoms with Gasteiger partial charge in [0.2, 0.25) is 0 Å². The topological polar surface area (TPSA) is 12.5 Å². The number of nitrogens with zero attached hydrogens (tertiary/aromatic N) is 1. The third-order valence-corrected chi connectivity index (χ3v) is 5.00. The predicted molar refractivity (Wildman–Crippen MR) is 87.1 cm³/mol. The molecule has 0 aromatic rings. The molecular weight excluding hydrogens is 254 g/mol. The van der Waals surface area contributed by atoms with Gasteiger partial charge in [-0.1, -0.05) is 32.6 Å². The van der Waals surface area contributed by atoms with Crippen molar-refractivity contribution in [3.8, 4) is 0 Å². The maximum atomic E-state index is 5.34. The molecule has 1 fully saturated rings. The van der Waals surface area contributed by atoms with E-state index in [1.54, 1.807) is 0 Å². The lowest BCUT2D eigenvalue weighted by Gasteiger charge is -2.26. The van der Waals surface area contributed by atoms with Gasteiger partial charge in [-0.3, -0.25) is 0 Å². The van der Waals surface area contributed by atoms with Crippen LogP contribution in [0.15, 0.2) is 0 Å². The molecule has 0 unspecified atom stereocenters. The Kier molecular flexibility index (Phi) is 11.0. The van der Waals surface area contributed by atoms with E-state index in [4.69, 9.17) is 4.74 Å². The minimum absolute atomic E-state index is 0.802. The second-order valence-corrected chi connectivity index (χ2v) is 6.99. The largest absolute Gasteiger partial charge is 0.384 e. The first-order valence-corrected chi connectivity index (χ1v) is 9.31. The molecule has 0 aromatic carbocycles. The van der Waals surface area contributed by atoms with Crippen molar-refractivity contribution in [3.05, 3.63) is 0 Å². The van der Waals surface area contributed by atoms with Gasteiger partial charge in [-0.2, -0.15) is 11.8 Å². The summed E-state index contributed by atoms with van der Waals surface area (Å²) in [5.74, 6) is 3.48. The first kappa shape index (κ1) is 17.3. The van der Waals surface area contributed by atoms with Crippen LogP contribution in [-0.4, -0.2) is 49.8 Å². The smallest absolute Gasteiger partial charge is 0.0490 e. The standard InChI is InChI=1S/C16H33NOS/c1-3-4-8-16(15-18-2)9-6-5-7-10-17-11-13-19-14-12-17/h16H,3-15H2,1-2H3/t16-/m1/s1. The van der Waals surface area contributed by atoms with E-state index in [2.05, 4.69) is 23.6 Å². The summed E-state index contributed by atoms with van der Waals surface area (Å²) in [6, 6.07) is 0. The van der Waals surface area contributed by atoms with E-state index in [1.165, 1.54) is 76.1 Å². The van der Waals surface area contributed by atoms with Gasteiger partial charge in [-0.15, -0.1) is 0 Å². The number of ether oxygens (including phenoxy) is 1. The number of hydrogen-bond donors (Lipinski definition) is 0. The third-order valence-electron chi connectivity index (χ3n) is 4.06. The van der Waals surface area contributed by atoms with E-state index in [0.29, 0.717) is 0 Å². The highest BCUT2D eigenvalue weighted by atomic mass is 32.2. The summed E-state index contributed by atoms with van der Waals surface area (Å²) in [5, 5.41) is 0. The number of rotatable bonds is 11. The monoisotopic (exact) mass is 287 g/mol.